The number of amides is 1. The first kappa shape index (κ1) is 16.9. The molecule has 122 valence electrons. The molecule has 4 nitrogen and oxygen atoms in total. The second kappa shape index (κ2) is 9.57. The van der Waals surface area contributed by atoms with Crippen LogP contribution in [0.3, 0.4) is 0 Å². The van der Waals surface area contributed by atoms with Crippen molar-refractivity contribution in [3.8, 4) is 0 Å². The Labute approximate surface area is 133 Å². The van der Waals surface area contributed by atoms with Gasteiger partial charge in [0.1, 0.15) is 6.61 Å². The average Bonchev–Trinajstić information content (AvgIpc) is 3.07. The Bertz CT molecular complexity index is 430. The monoisotopic (exact) mass is 304 g/mol. The van der Waals surface area contributed by atoms with E-state index < -0.39 is 0 Å². The molecule has 4 heteroatoms. The summed E-state index contributed by atoms with van der Waals surface area (Å²) >= 11 is 0. The van der Waals surface area contributed by atoms with Crippen LogP contribution in [0.25, 0.3) is 0 Å². The summed E-state index contributed by atoms with van der Waals surface area (Å²) in [5.74, 6) is 0.470. The van der Waals surface area contributed by atoms with Crippen LogP contribution in [0.15, 0.2) is 24.4 Å². The van der Waals surface area contributed by atoms with Crippen molar-refractivity contribution in [2.75, 3.05) is 13.2 Å². The van der Waals surface area contributed by atoms with Crippen LogP contribution >= 0.6 is 0 Å². The molecule has 1 saturated carbocycles. The number of carbonyl (C=O) groups excluding carboxylic acids is 1. The number of hydrogen-bond donors (Lipinski definition) is 1. The number of pyridine rings is 1. The SMILES string of the molecule is CCCCCOCC(=O)NC(c1ccccn1)C1CCCC1. The lowest BCUT2D eigenvalue weighted by Gasteiger charge is -2.24. The van der Waals surface area contributed by atoms with Crippen molar-refractivity contribution in [1.82, 2.24) is 10.3 Å². The van der Waals surface area contributed by atoms with Crippen LogP contribution in [0.5, 0.6) is 0 Å². The minimum Gasteiger partial charge on any atom is -0.372 e. The number of ether oxygens (including phenoxy) is 1. The smallest absolute Gasteiger partial charge is 0.246 e. The van der Waals surface area contributed by atoms with Gasteiger partial charge in [-0.2, -0.15) is 0 Å². The lowest BCUT2D eigenvalue weighted by atomic mass is 9.95. The molecule has 22 heavy (non-hydrogen) atoms. The first-order chi connectivity index (χ1) is 10.8. The van der Waals surface area contributed by atoms with Gasteiger partial charge in [0.15, 0.2) is 0 Å². The Kier molecular flexibility index (Phi) is 7.37. The van der Waals surface area contributed by atoms with Gasteiger partial charge in [0.05, 0.1) is 11.7 Å². The van der Waals surface area contributed by atoms with Crippen LogP contribution in [0, 0.1) is 5.92 Å². The molecule has 2 rings (SSSR count). The average molecular weight is 304 g/mol. The van der Waals surface area contributed by atoms with Crippen LogP contribution in [0.1, 0.15) is 63.6 Å². The third kappa shape index (κ3) is 5.41. The molecule has 1 N–H and O–H groups in total. The van der Waals surface area contributed by atoms with Gasteiger partial charge < -0.3 is 10.1 Å². The quantitative estimate of drug-likeness (QED) is 0.709. The molecule has 1 aromatic heterocycles. The summed E-state index contributed by atoms with van der Waals surface area (Å²) in [4.78, 5) is 16.6. The lowest BCUT2D eigenvalue weighted by Crippen LogP contribution is -2.35. The highest BCUT2D eigenvalue weighted by atomic mass is 16.5. The maximum absolute atomic E-state index is 12.2. The van der Waals surface area contributed by atoms with Crippen LogP contribution in [-0.2, 0) is 9.53 Å². The Balaban J connectivity index is 1.85. The lowest BCUT2D eigenvalue weighted by molar-refractivity contribution is -0.126. The second-order valence-corrected chi connectivity index (χ2v) is 6.10. The minimum absolute atomic E-state index is 0.0236. The van der Waals surface area contributed by atoms with Gasteiger partial charge in [-0.15, -0.1) is 0 Å². The van der Waals surface area contributed by atoms with Gasteiger partial charge in [0, 0.05) is 12.8 Å². The predicted octanol–water partition coefficient (Wildman–Crippen LogP) is 3.64. The highest BCUT2D eigenvalue weighted by Gasteiger charge is 2.28. The van der Waals surface area contributed by atoms with E-state index in [-0.39, 0.29) is 18.6 Å². The summed E-state index contributed by atoms with van der Waals surface area (Å²) in [7, 11) is 0. The van der Waals surface area contributed by atoms with Crippen molar-refractivity contribution in [2.45, 2.75) is 57.9 Å². The van der Waals surface area contributed by atoms with Crippen molar-refractivity contribution in [2.24, 2.45) is 5.92 Å². The fourth-order valence-electron chi connectivity index (χ4n) is 3.12. The third-order valence-electron chi connectivity index (χ3n) is 4.32. The first-order valence-corrected chi connectivity index (χ1v) is 8.59. The van der Waals surface area contributed by atoms with Crippen molar-refractivity contribution >= 4 is 5.91 Å². The van der Waals surface area contributed by atoms with Gasteiger partial charge in [-0.05, 0) is 37.3 Å². The van der Waals surface area contributed by atoms with Gasteiger partial charge >= 0.3 is 0 Å². The van der Waals surface area contributed by atoms with E-state index in [1.807, 2.05) is 18.2 Å². The molecular formula is C18H28N2O2. The molecule has 0 saturated heterocycles. The van der Waals surface area contributed by atoms with Crippen LogP contribution < -0.4 is 5.32 Å². The number of rotatable bonds is 9. The molecule has 1 aliphatic carbocycles. The summed E-state index contributed by atoms with van der Waals surface area (Å²) in [5.41, 5.74) is 0.966. The largest absolute Gasteiger partial charge is 0.372 e. The number of unbranched alkanes of at least 4 members (excludes halogenated alkanes) is 2. The summed E-state index contributed by atoms with van der Waals surface area (Å²) in [6, 6.07) is 5.92. The molecule has 1 aromatic rings. The molecule has 1 fully saturated rings. The predicted molar refractivity (Wildman–Crippen MR) is 87.4 cm³/mol. The van der Waals surface area contributed by atoms with E-state index in [2.05, 4.69) is 17.2 Å². The van der Waals surface area contributed by atoms with Gasteiger partial charge in [0.25, 0.3) is 0 Å². The van der Waals surface area contributed by atoms with Gasteiger partial charge in [-0.3, -0.25) is 9.78 Å². The van der Waals surface area contributed by atoms with E-state index in [0.717, 1.165) is 18.5 Å². The van der Waals surface area contributed by atoms with E-state index >= 15 is 0 Å². The van der Waals surface area contributed by atoms with Gasteiger partial charge in [-0.1, -0.05) is 38.7 Å². The van der Waals surface area contributed by atoms with E-state index in [4.69, 9.17) is 4.74 Å². The zero-order valence-corrected chi connectivity index (χ0v) is 13.6. The summed E-state index contributed by atoms with van der Waals surface area (Å²) < 4.78 is 5.46. The van der Waals surface area contributed by atoms with E-state index in [1.165, 1.54) is 32.1 Å². The molecule has 0 radical (unpaired) electrons. The number of carbonyl (C=O) groups is 1. The Morgan fingerprint density at radius 3 is 2.86 bits per heavy atom. The standard InChI is InChI=1S/C18H28N2O2/c1-2-3-8-13-22-14-17(21)20-18(15-9-4-5-10-15)16-11-6-7-12-19-16/h6-7,11-12,15,18H,2-5,8-10,13-14H2,1H3,(H,20,21). The van der Waals surface area contributed by atoms with Crippen molar-refractivity contribution in [1.29, 1.82) is 0 Å². The summed E-state index contributed by atoms with van der Waals surface area (Å²) in [6.07, 6.45) is 9.96. The first-order valence-electron chi connectivity index (χ1n) is 8.59. The maximum Gasteiger partial charge on any atom is 0.246 e. The highest BCUT2D eigenvalue weighted by molar-refractivity contribution is 5.77. The van der Waals surface area contributed by atoms with Crippen LogP contribution in [0.4, 0.5) is 0 Å². The van der Waals surface area contributed by atoms with Gasteiger partial charge in [-0.25, -0.2) is 0 Å². The van der Waals surface area contributed by atoms with E-state index in [9.17, 15) is 4.79 Å². The molecule has 0 aliphatic heterocycles. The van der Waals surface area contributed by atoms with Crippen LogP contribution in [-0.4, -0.2) is 24.1 Å². The number of aromatic nitrogens is 1. The molecular weight excluding hydrogens is 276 g/mol. The zero-order valence-electron chi connectivity index (χ0n) is 13.6. The zero-order chi connectivity index (χ0) is 15.6. The molecule has 0 bridgehead atoms. The van der Waals surface area contributed by atoms with Crippen LogP contribution in [0.2, 0.25) is 0 Å². The number of nitrogens with zero attached hydrogens (tertiary/aromatic N) is 1. The summed E-state index contributed by atoms with van der Waals surface area (Å²) in [5, 5.41) is 3.14. The van der Waals surface area contributed by atoms with Gasteiger partial charge in [0.2, 0.25) is 5.91 Å². The fraction of sp³-hybridized carbons (Fsp3) is 0.667. The van der Waals surface area contributed by atoms with Crippen molar-refractivity contribution < 1.29 is 9.53 Å². The van der Waals surface area contributed by atoms with Crippen molar-refractivity contribution in [3.63, 3.8) is 0 Å². The molecule has 1 atom stereocenters. The third-order valence-corrected chi connectivity index (χ3v) is 4.32. The molecule has 1 aliphatic rings. The van der Waals surface area contributed by atoms with Crippen molar-refractivity contribution in [3.05, 3.63) is 30.1 Å². The number of nitrogens with one attached hydrogen (secondary N) is 1. The molecule has 1 amide bonds. The Hall–Kier alpha value is -1.42. The fourth-order valence-corrected chi connectivity index (χ4v) is 3.12. The minimum atomic E-state index is -0.0287. The maximum atomic E-state index is 12.2. The number of hydrogen-bond acceptors (Lipinski definition) is 3. The normalized spacial score (nSPS) is 16.6. The van der Waals surface area contributed by atoms with E-state index in [1.54, 1.807) is 6.20 Å². The second-order valence-electron chi connectivity index (χ2n) is 6.10. The Morgan fingerprint density at radius 1 is 1.36 bits per heavy atom. The Morgan fingerprint density at radius 2 is 2.18 bits per heavy atom. The molecule has 0 aromatic carbocycles. The summed E-state index contributed by atoms with van der Waals surface area (Å²) in [6.45, 7) is 2.98. The topological polar surface area (TPSA) is 51.2 Å². The molecule has 1 unspecified atom stereocenters. The molecule has 1 heterocycles. The van der Waals surface area contributed by atoms with E-state index in [0.29, 0.717) is 12.5 Å². The molecule has 0 spiro atoms. The highest BCUT2D eigenvalue weighted by Crippen LogP contribution is 2.34.